The zero-order valence-electron chi connectivity index (χ0n) is 9.37. The lowest BCUT2D eigenvalue weighted by molar-refractivity contribution is -0.118. The van der Waals surface area contributed by atoms with Crippen LogP contribution in [0, 0.1) is 0 Å². The van der Waals surface area contributed by atoms with Crippen LogP contribution in [0.2, 0.25) is 0 Å². The van der Waals surface area contributed by atoms with E-state index >= 15 is 0 Å². The fraction of sp³-hybridized carbons (Fsp3) is 0.0833. The number of benzene rings is 1. The van der Waals surface area contributed by atoms with Gasteiger partial charge in [0.2, 0.25) is 5.91 Å². The summed E-state index contributed by atoms with van der Waals surface area (Å²) in [4.78, 5) is 11.8. The molecule has 1 aromatic carbocycles. The zero-order valence-corrected chi connectivity index (χ0v) is 11.0. The summed E-state index contributed by atoms with van der Waals surface area (Å²) in [5, 5.41) is 3.13. The second kappa shape index (κ2) is 5.32. The first-order valence-electron chi connectivity index (χ1n) is 5.20. The maximum atomic E-state index is 11.8. The largest absolute Gasteiger partial charge is 0.274 e. The first-order chi connectivity index (χ1) is 8.58. The van der Waals surface area contributed by atoms with Crippen LogP contribution >= 0.6 is 11.3 Å². The fourth-order valence-corrected chi connectivity index (χ4v) is 3.44. The quantitative estimate of drug-likeness (QED) is 0.929. The van der Waals surface area contributed by atoms with E-state index in [-0.39, 0.29) is 11.3 Å². The van der Waals surface area contributed by atoms with Crippen LogP contribution in [0.25, 0.3) is 0 Å². The number of thiophene rings is 1. The first kappa shape index (κ1) is 12.8. The van der Waals surface area contributed by atoms with Gasteiger partial charge in [0, 0.05) is 5.38 Å². The van der Waals surface area contributed by atoms with Gasteiger partial charge in [-0.2, -0.15) is 11.3 Å². The maximum absolute atomic E-state index is 11.8. The topological polar surface area (TPSA) is 63.2 Å². The van der Waals surface area contributed by atoms with Crippen molar-refractivity contribution in [1.29, 1.82) is 0 Å². The van der Waals surface area contributed by atoms with E-state index in [2.05, 4.69) is 0 Å². The van der Waals surface area contributed by atoms with Crippen LogP contribution < -0.4 is 4.72 Å². The van der Waals surface area contributed by atoms with Crippen LogP contribution in [0.1, 0.15) is 5.56 Å². The van der Waals surface area contributed by atoms with E-state index in [1.165, 1.54) is 22.8 Å². The Hall–Kier alpha value is -1.66. The third-order valence-corrected chi connectivity index (χ3v) is 4.46. The molecule has 0 aliphatic rings. The summed E-state index contributed by atoms with van der Waals surface area (Å²) in [6, 6.07) is 10.5. The second-order valence-electron chi connectivity index (χ2n) is 3.65. The predicted molar refractivity (Wildman–Crippen MR) is 69.8 cm³/mol. The van der Waals surface area contributed by atoms with Gasteiger partial charge in [0.25, 0.3) is 10.0 Å². The molecule has 0 aliphatic carbocycles. The summed E-state index contributed by atoms with van der Waals surface area (Å²) in [6.07, 6.45) is 0.0458. The predicted octanol–water partition coefficient (Wildman–Crippen LogP) is 1.80. The van der Waals surface area contributed by atoms with E-state index in [0.29, 0.717) is 0 Å². The molecular weight excluding hydrogens is 270 g/mol. The SMILES string of the molecule is O=C(Cc1ccccc1)NS(=O)(=O)c1ccsc1. The van der Waals surface area contributed by atoms with Gasteiger partial charge in [0.05, 0.1) is 11.3 Å². The van der Waals surface area contributed by atoms with Crippen molar-refractivity contribution in [1.82, 2.24) is 4.72 Å². The van der Waals surface area contributed by atoms with Crippen molar-refractivity contribution >= 4 is 27.3 Å². The minimum atomic E-state index is -3.73. The molecule has 0 bridgehead atoms. The molecule has 1 amide bonds. The maximum Gasteiger partial charge on any atom is 0.264 e. The van der Waals surface area contributed by atoms with Gasteiger partial charge in [0.1, 0.15) is 0 Å². The molecule has 0 spiro atoms. The monoisotopic (exact) mass is 281 g/mol. The fourth-order valence-electron chi connectivity index (χ4n) is 1.43. The van der Waals surface area contributed by atoms with Gasteiger partial charge < -0.3 is 0 Å². The molecule has 0 fully saturated rings. The summed E-state index contributed by atoms with van der Waals surface area (Å²) in [5.41, 5.74) is 0.774. The Labute approximate surface area is 109 Å². The van der Waals surface area contributed by atoms with Gasteiger partial charge in [0.15, 0.2) is 0 Å². The Morgan fingerprint density at radius 3 is 2.50 bits per heavy atom. The molecule has 0 saturated carbocycles. The number of sulfonamides is 1. The van der Waals surface area contributed by atoms with Crippen LogP contribution in [0.3, 0.4) is 0 Å². The average molecular weight is 281 g/mol. The number of nitrogens with one attached hydrogen (secondary N) is 1. The highest BCUT2D eigenvalue weighted by atomic mass is 32.2. The summed E-state index contributed by atoms with van der Waals surface area (Å²) in [7, 11) is -3.73. The smallest absolute Gasteiger partial charge is 0.264 e. The Kier molecular flexibility index (Phi) is 3.78. The van der Waals surface area contributed by atoms with Crippen molar-refractivity contribution in [2.24, 2.45) is 0 Å². The minimum absolute atomic E-state index is 0.0458. The van der Waals surface area contributed by atoms with E-state index in [1.807, 2.05) is 10.8 Å². The van der Waals surface area contributed by atoms with Gasteiger partial charge in [-0.3, -0.25) is 4.79 Å². The molecule has 0 atom stereocenters. The lowest BCUT2D eigenvalue weighted by atomic mass is 10.1. The van der Waals surface area contributed by atoms with Crippen molar-refractivity contribution in [3.8, 4) is 0 Å². The summed E-state index contributed by atoms with van der Waals surface area (Å²) < 4.78 is 25.6. The molecule has 6 heteroatoms. The van der Waals surface area contributed by atoms with Gasteiger partial charge in [-0.05, 0) is 17.0 Å². The van der Waals surface area contributed by atoms with Crippen LogP contribution in [0.15, 0.2) is 52.1 Å². The number of amides is 1. The highest BCUT2D eigenvalue weighted by molar-refractivity contribution is 7.90. The Bertz CT molecular complexity index is 619. The van der Waals surface area contributed by atoms with E-state index < -0.39 is 15.9 Å². The number of rotatable bonds is 4. The summed E-state index contributed by atoms with van der Waals surface area (Å²) >= 11 is 1.27. The van der Waals surface area contributed by atoms with Crippen LogP contribution in [0.5, 0.6) is 0 Å². The molecule has 0 radical (unpaired) electrons. The Balaban J connectivity index is 2.05. The third kappa shape index (κ3) is 3.18. The number of hydrogen-bond donors (Lipinski definition) is 1. The van der Waals surface area contributed by atoms with E-state index in [4.69, 9.17) is 0 Å². The summed E-state index contributed by atoms with van der Waals surface area (Å²) in [6.45, 7) is 0. The Morgan fingerprint density at radius 1 is 1.17 bits per heavy atom. The molecule has 1 aromatic heterocycles. The van der Waals surface area contributed by atoms with Gasteiger partial charge in [-0.1, -0.05) is 30.3 Å². The highest BCUT2D eigenvalue weighted by Crippen LogP contribution is 2.12. The van der Waals surface area contributed by atoms with Crippen LogP contribution in [-0.4, -0.2) is 14.3 Å². The van der Waals surface area contributed by atoms with Crippen LogP contribution in [-0.2, 0) is 21.2 Å². The third-order valence-electron chi connectivity index (χ3n) is 2.26. The molecule has 2 rings (SSSR count). The van der Waals surface area contributed by atoms with Gasteiger partial charge in [-0.25, -0.2) is 13.1 Å². The molecule has 1 N–H and O–H groups in total. The van der Waals surface area contributed by atoms with Gasteiger partial charge >= 0.3 is 0 Å². The molecule has 94 valence electrons. The number of carbonyl (C=O) groups is 1. The number of hydrogen-bond acceptors (Lipinski definition) is 4. The minimum Gasteiger partial charge on any atom is -0.274 e. The van der Waals surface area contributed by atoms with Crippen molar-refractivity contribution in [3.63, 3.8) is 0 Å². The molecule has 1 heterocycles. The van der Waals surface area contributed by atoms with E-state index in [0.717, 1.165) is 5.56 Å². The van der Waals surface area contributed by atoms with Crippen molar-refractivity contribution < 1.29 is 13.2 Å². The first-order valence-corrected chi connectivity index (χ1v) is 7.62. The normalized spacial score (nSPS) is 11.1. The molecular formula is C12H11NO3S2. The lowest BCUT2D eigenvalue weighted by Gasteiger charge is -2.05. The zero-order chi connectivity index (χ0) is 13.0. The van der Waals surface area contributed by atoms with Crippen molar-refractivity contribution in [2.75, 3.05) is 0 Å². The van der Waals surface area contributed by atoms with E-state index in [9.17, 15) is 13.2 Å². The van der Waals surface area contributed by atoms with E-state index in [1.54, 1.807) is 29.6 Å². The van der Waals surface area contributed by atoms with Gasteiger partial charge in [-0.15, -0.1) is 0 Å². The molecule has 0 unspecified atom stereocenters. The van der Waals surface area contributed by atoms with Crippen molar-refractivity contribution in [3.05, 3.63) is 52.7 Å². The molecule has 0 aliphatic heterocycles. The summed E-state index contributed by atoms with van der Waals surface area (Å²) in [5.74, 6) is -0.535. The molecule has 18 heavy (non-hydrogen) atoms. The number of carbonyl (C=O) groups excluding carboxylic acids is 1. The van der Waals surface area contributed by atoms with Crippen LogP contribution in [0.4, 0.5) is 0 Å². The second-order valence-corrected chi connectivity index (χ2v) is 6.11. The molecule has 0 saturated heterocycles. The highest BCUT2D eigenvalue weighted by Gasteiger charge is 2.17. The molecule has 2 aromatic rings. The Morgan fingerprint density at radius 2 is 1.89 bits per heavy atom. The standard InChI is InChI=1S/C12H11NO3S2/c14-12(8-10-4-2-1-3-5-10)13-18(15,16)11-6-7-17-9-11/h1-7,9H,8H2,(H,13,14). The lowest BCUT2D eigenvalue weighted by Crippen LogP contribution is -2.31. The average Bonchev–Trinajstić information content (AvgIpc) is 2.83. The van der Waals surface area contributed by atoms with Crippen molar-refractivity contribution in [2.45, 2.75) is 11.3 Å². The molecule has 4 nitrogen and oxygen atoms in total.